The van der Waals surface area contributed by atoms with Crippen molar-refractivity contribution in [2.45, 2.75) is 57.1 Å². The Morgan fingerprint density at radius 2 is 2.15 bits per heavy atom. The lowest BCUT2D eigenvalue weighted by Gasteiger charge is -2.32. The van der Waals surface area contributed by atoms with E-state index in [0.717, 1.165) is 6.61 Å². The highest BCUT2D eigenvalue weighted by Crippen LogP contribution is 2.36. The zero-order chi connectivity index (χ0) is 13.9. The largest absolute Gasteiger partial charge is 0.376 e. The van der Waals surface area contributed by atoms with Crippen LogP contribution in [0.3, 0.4) is 0 Å². The van der Waals surface area contributed by atoms with Crippen molar-refractivity contribution in [2.75, 3.05) is 13.7 Å². The molecule has 1 N–H and O–H groups in total. The van der Waals surface area contributed by atoms with E-state index in [1.807, 2.05) is 0 Å². The summed E-state index contributed by atoms with van der Waals surface area (Å²) < 4.78 is 5.99. The quantitative estimate of drug-likeness (QED) is 0.906. The maximum atomic E-state index is 5.99. The van der Waals surface area contributed by atoms with Gasteiger partial charge in [-0.15, -0.1) is 0 Å². The summed E-state index contributed by atoms with van der Waals surface area (Å²) in [4.78, 5) is 0. The van der Waals surface area contributed by atoms with Gasteiger partial charge in [-0.3, -0.25) is 0 Å². The van der Waals surface area contributed by atoms with Gasteiger partial charge in [0.25, 0.3) is 0 Å². The van der Waals surface area contributed by atoms with Crippen LogP contribution in [-0.4, -0.2) is 25.8 Å². The predicted molar refractivity (Wildman–Crippen MR) is 83.1 cm³/mol. The Kier molecular flexibility index (Phi) is 4.42. The fourth-order valence-electron chi connectivity index (χ4n) is 4.05. The SMILES string of the molecule is CNC(CC1CCCc2ccccc21)C1OCCC1C. The van der Waals surface area contributed by atoms with Crippen LogP contribution in [0.1, 0.15) is 49.7 Å². The van der Waals surface area contributed by atoms with E-state index in [1.54, 1.807) is 11.1 Å². The van der Waals surface area contributed by atoms with Gasteiger partial charge in [-0.2, -0.15) is 0 Å². The van der Waals surface area contributed by atoms with Crippen LogP contribution in [0.15, 0.2) is 24.3 Å². The van der Waals surface area contributed by atoms with Crippen LogP contribution in [0.2, 0.25) is 0 Å². The fourth-order valence-corrected chi connectivity index (χ4v) is 4.05. The molecule has 110 valence electrons. The molecule has 1 aromatic rings. The van der Waals surface area contributed by atoms with E-state index in [-0.39, 0.29) is 0 Å². The third kappa shape index (κ3) is 2.77. The van der Waals surface area contributed by atoms with E-state index in [0.29, 0.717) is 24.0 Å². The molecule has 1 aliphatic carbocycles. The highest BCUT2D eigenvalue weighted by molar-refractivity contribution is 5.32. The topological polar surface area (TPSA) is 21.3 Å². The Bertz CT molecular complexity index is 445. The molecule has 2 heteroatoms. The Balaban J connectivity index is 1.73. The van der Waals surface area contributed by atoms with E-state index in [9.17, 15) is 0 Å². The van der Waals surface area contributed by atoms with Gasteiger partial charge in [0.15, 0.2) is 0 Å². The minimum atomic E-state index is 0.397. The van der Waals surface area contributed by atoms with Gasteiger partial charge < -0.3 is 10.1 Å². The van der Waals surface area contributed by atoms with Gasteiger partial charge in [-0.1, -0.05) is 31.2 Å². The average Bonchev–Trinajstić information content (AvgIpc) is 2.91. The first-order valence-electron chi connectivity index (χ1n) is 8.16. The van der Waals surface area contributed by atoms with Crippen molar-refractivity contribution in [2.24, 2.45) is 5.92 Å². The van der Waals surface area contributed by atoms with E-state index in [2.05, 4.69) is 43.6 Å². The number of ether oxygens (including phenoxy) is 1. The number of hydrogen-bond donors (Lipinski definition) is 1. The van der Waals surface area contributed by atoms with Gasteiger partial charge in [0.05, 0.1) is 6.10 Å². The zero-order valence-electron chi connectivity index (χ0n) is 12.8. The molecule has 4 unspecified atom stereocenters. The molecule has 1 heterocycles. The Labute approximate surface area is 122 Å². The number of nitrogens with one attached hydrogen (secondary N) is 1. The number of aryl methyl sites for hydroxylation is 1. The summed E-state index contributed by atoms with van der Waals surface area (Å²) in [6.07, 6.45) is 6.74. The van der Waals surface area contributed by atoms with Gasteiger partial charge in [-0.25, -0.2) is 0 Å². The summed E-state index contributed by atoms with van der Waals surface area (Å²) in [5, 5.41) is 3.53. The lowest BCUT2D eigenvalue weighted by molar-refractivity contribution is 0.0578. The minimum Gasteiger partial charge on any atom is -0.376 e. The Morgan fingerprint density at radius 3 is 2.90 bits per heavy atom. The monoisotopic (exact) mass is 273 g/mol. The predicted octanol–water partition coefficient (Wildman–Crippen LogP) is 3.51. The smallest absolute Gasteiger partial charge is 0.0754 e. The normalized spacial score (nSPS) is 31.0. The maximum Gasteiger partial charge on any atom is 0.0754 e. The molecule has 0 bridgehead atoms. The molecular formula is C18H27NO. The molecule has 2 nitrogen and oxygen atoms in total. The number of likely N-dealkylation sites (N-methyl/N-ethyl adjacent to an activating group) is 1. The van der Waals surface area contributed by atoms with Crippen LogP contribution in [0.25, 0.3) is 0 Å². The van der Waals surface area contributed by atoms with Crippen LogP contribution in [0, 0.1) is 5.92 Å². The van der Waals surface area contributed by atoms with E-state index < -0.39 is 0 Å². The fraction of sp³-hybridized carbons (Fsp3) is 0.667. The second-order valence-electron chi connectivity index (χ2n) is 6.52. The third-order valence-corrected chi connectivity index (χ3v) is 5.24. The van der Waals surface area contributed by atoms with Crippen LogP contribution in [-0.2, 0) is 11.2 Å². The third-order valence-electron chi connectivity index (χ3n) is 5.24. The summed E-state index contributed by atoms with van der Waals surface area (Å²) >= 11 is 0. The molecule has 20 heavy (non-hydrogen) atoms. The van der Waals surface area contributed by atoms with Crippen molar-refractivity contribution in [3.8, 4) is 0 Å². The van der Waals surface area contributed by atoms with Crippen molar-refractivity contribution in [3.63, 3.8) is 0 Å². The average molecular weight is 273 g/mol. The van der Waals surface area contributed by atoms with Crippen molar-refractivity contribution in [3.05, 3.63) is 35.4 Å². The standard InChI is InChI=1S/C18H27NO/c1-13-10-11-20-18(13)17(19-2)12-15-8-5-7-14-6-3-4-9-16(14)15/h3-4,6,9,13,15,17-19H,5,7-8,10-12H2,1-2H3. The lowest BCUT2D eigenvalue weighted by Crippen LogP contribution is -2.41. The number of benzene rings is 1. The highest BCUT2D eigenvalue weighted by atomic mass is 16.5. The molecule has 3 rings (SSSR count). The van der Waals surface area contributed by atoms with E-state index in [1.165, 1.54) is 32.1 Å². The first-order valence-corrected chi connectivity index (χ1v) is 8.16. The summed E-state index contributed by atoms with van der Waals surface area (Å²) in [6.45, 7) is 3.27. The molecule has 0 aromatic heterocycles. The molecule has 0 amide bonds. The van der Waals surface area contributed by atoms with E-state index >= 15 is 0 Å². The van der Waals surface area contributed by atoms with Gasteiger partial charge in [0.1, 0.15) is 0 Å². The molecule has 1 saturated heterocycles. The molecule has 0 radical (unpaired) electrons. The summed E-state index contributed by atoms with van der Waals surface area (Å²) in [5.74, 6) is 1.39. The molecule has 1 aromatic carbocycles. The molecule has 4 atom stereocenters. The van der Waals surface area contributed by atoms with Crippen molar-refractivity contribution in [1.29, 1.82) is 0 Å². The minimum absolute atomic E-state index is 0.397. The molecule has 0 saturated carbocycles. The Hall–Kier alpha value is -0.860. The van der Waals surface area contributed by atoms with Crippen LogP contribution in [0.5, 0.6) is 0 Å². The van der Waals surface area contributed by atoms with Gasteiger partial charge in [0.2, 0.25) is 0 Å². The summed E-state index contributed by atoms with van der Waals surface area (Å²) in [6, 6.07) is 9.51. The van der Waals surface area contributed by atoms with Crippen molar-refractivity contribution < 1.29 is 4.74 Å². The van der Waals surface area contributed by atoms with Crippen LogP contribution < -0.4 is 5.32 Å². The number of fused-ring (bicyclic) bond motifs is 1. The molecule has 1 aliphatic heterocycles. The van der Waals surface area contributed by atoms with E-state index in [4.69, 9.17) is 4.74 Å². The summed E-state index contributed by atoms with van der Waals surface area (Å²) in [7, 11) is 2.09. The maximum absolute atomic E-state index is 5.99. The van der Waals surface area contributed by atoms with Crippen LogP contribution >= 0.6 is 0 Å². The Morgan fingerprint density at radius 1 is 1.30 bits per heavy atom. The van der Waals surface area contributed by atoms with Crippen molar-refractivity contribution >= 4 is 0 Å². The zero-order valence-corrected chi connectivity index (χ0v) is 12.8. The van der Waals surface area contributed by atoms with Gasteiger partial charge >= 0.3 is 0 Å². The molecule has 0 spiro atoms. The number of hydrogen-bond acceptors (Lipinski definition) is 2. The number of rotatable bonds is 4. The lowest BCUT2D eigenvalue weighted by atomic mass is 9.78. The van der Waals surface area contributed by atoms with Crippen molar-refractivity contribution in [1.82, 2.24) is 5.32 Å². The van der Waals surface area contributed by atoms with Crippen LogP contribution in [0.4, 0.5) is 0 Å². The first kappa shape index (κ1) is 14.1. The highest BCUT2D eigenvalue weighted by Gasteiger charge is 2.33. The second kappa shape index (κ2) is 6.28. The molecular weight excluding hydrogens is 246 g/mol. The molecule has 1 fully saturated rings. The molecule has 2 aliphatic rings. The summed E-state index contributed by atoms with van der Waals surface area (Å²) in [5.41, 5.74) is 3.16. The first-order chi connectivity index (χ1) is 9.79. The second-order valence-corrected chi connectivity index (χ2v) is 6.52. The van der Waals surface area contributed by atoms with Gasteiger partial charge in [-0.05, 0) is 62.1 Å². The van der Waals surface area contributed by atoms with Gasteiger partial charge in [0, 0.05) is 12.6 Å².